The van der Waals surface area contributed by atoms with E-state index < -0.39 is 0 Å². The molecule has 2 aromatic heterocycles. The Morgan fingerprint density at radius 3 is 2.84 bits per heavy atom. The molecule has 3 aromatic rings. The second kappa shape index (κ2) is 12.0. The number of unbranched alkanes of at least 4 members (excludes halogenated alkanes) is 1. The number of nitriles is 1. The number of aliphatic imine (C=N–C) groups is 1. The van der Waals surface area contributed by atoms with Gasteiger partial charge in [0.1, 0.15) is 6.33 Å². The first kappa shape index (κ1) is 22.6. The van der Waals surface area contributed by atoms with Crippen molar-refractivity contribution in [3.05, 3.63) is 72.3 Å². The van der Waals surface area contributed by atoms with E-state index in [0.29, 0.717) is 11.9 Å². The van der Waals surface area contributed by atoms with Crippen molar-refractivity contribution in [3.8, 4) is 6.19 Å². The van der Waals surface area contributed by atoms with Crippen LogP contribution in [0.3, 0.4) is 0 Å². The Bertz CT molecular complexity index is 1060. The number of aromatic nitrogens is 5. The maximum Gasteiger partial charge on any atom is 0.211 e. The molecule has 0 aliphatic rings. The minimum absolute atomic E-state index is 0.431. The molecule has 0 spiro atoms. The maximum absolute atomic E-state index is 9.01. The zero-order chi connectivity index (χ0) is 22.6. The second-order valence-electron chi connectivity index (χ2n) is 7.62. The standard InChI is InChI=1S/C23H27N9/c1-18(2)14-26-23(27-16-24)29-21-9-5-7-19(13-21)22(20-8-6-11-25-15-20)10-3-4-12-32-17-28-30-31-32/h5-11,13,15,17-18H,3-4,12,14H2,1-2H3,(H2,26,27,29). The van der Waals surface area contributed by atoms with E-state index in [-0.39, 0.29) is 0 Å². The van der Waals surface area contributed by atoms with Gasteiger partial charge >= 0.3 is 0 Å². The van der Waals surface area contributed by atoms with E-state index in [0.717, 1.165) is 48.3 Å². The van der Waals surface area contributed by atoms with Crippen molar-refractivity contribution in [1.29, 1.82) is 5.26 Å². The largest absolute Gasteiger partial charge is 0.355 e. The minimum atomic E-state index is 0.431. The Morgan fingerprint density at radius 2 is 2.12 bits per heavy atom. The first-order valence-corrected chi connectivity index (χ1v) is 10.5. The predicted molar refractivity (Wildman–Crippen MR) is 124 cm³/mol. The summed E-state index contributed by atoms with van der Waals surface area (Å²) in [6.45, 7) is 5.67. The topological polar surface area (TPSA) is 117 Å². The molecule has 9 heteroatoms. The molecule has 3 rings (SSSR count). The summed E-state index contributed by atoms with van der Waals surface area (Å²) in [5, 5.41) is 26.6. The van der Waals surface area contributed by atoms with Crippen LogP contribution in [-0.2, 0) is 6.54 Å². The number of pyridine rings is 1. The number of anilines is 1. The van der Waals surface area contributed by atoms with Crippen molar-refractivity contribution in [3.63, 3.8) is 0 Å². The van der Waals surface area contributed by atoms with Crippen LogP contribution < -0.4 is 10.6 Å². The summed E-state index contributed by atoms with van der Waals surface area (Å²) in [6, 6.07) is 12.0. The Hall–Kier alpha value is -4.06. The highest BCUT2D eigenvalue weighted by Gasteiger charge is 2.08. The summed E-state index contributed by atoms with van der Waals surface area (Å²) in [5.41, 5.74) is 4.02. The zero-order valence-corrected chi connectivity index (χ0v) is 18.3. The number of aryl methyl sites for hydroxylation is 1. The zero-order valence-electron chi connectivity index (χ0n) is 18.3. The lowest BCUT2D eigenvalue weighted by molar-refractivity contribution is 0.563. The number of tetrazole rings is 1. The van der Waals surface area contributed by atoms with Gasteiger partial charge in [-0.2, -0.15) is 5.26 Å². The molecule has 0 saturated carbocycles. The quantitative estimate of drug-likeness (QED) is 0.231. The van der Waals surface area contributed by atoms with Gasteiger partial charge in [0.15, 0.2) is 0 Å². The van der Waals surface area contributed by atoms with Gasteiger partial charge in [0, 0.05) is 36.7 Å². The molecule has 0 aliphatic heterocycles. The Kier molecular flexibility index (Phi) is 8.45. The fourth-order valence-electron chi connectivity index (χ4n) is 3.07. The second-order valence-corrected chi connectivity index (χ2v) is 7.62. The van der Waals surface area contributed by atoms with E-state index in [4.69, 9.17) is 5.26 Å². The van der Waals surface area contributed by atoms with Gasteiger partial charge in [-0.05, 0) is 58.5 Å². The number of nitrogens with one attached hydrogen (secondary N) is 2. The maximum atomic E-state index is 9.01. The number of nitrogens with zero attached hydrogens (tertiary/aromatic N) is 7. The summed E-state index contributed by atoms with van der Waals surface area (Å²) >= 11 is 0. The highest BCUT2D eigenvalue weighted by Crippen LogP contribution is 2.26. The molecule has 0 saturated heterocycles. The highest BCUT2D eigenvalue weighted by atomic mass is 15.5. The van der Waals surface area contributed by atoms with Gasteiger partial charge in [-0.25, -0.2) is 4.68 Å². The van der Waals surface area contributed by atoms with Gasteiger partial charge in [-0.3, -0.25) is 4.98 Å². The Balaban J connectivity index is 1.79. The normalized spacial score (nSPS) is 11.9. The fourth-order valence-corrected chi connectivity index (χ4v) is 3.07. The Labute approximate surface area is 187 Å². The summed E-state index contributed by atoms with van der Waals surface area (Å²) in [7, 11) is 0. The van der Waals surface area contributed by atoms with Crippen molar-refractivity contribution in [2.24, 2.45) is 10.9 Å². The van der Waals surface area contributed by atoms with E-state index in [2.05, 4.69) is 62.1 Å². The van der Waals surface area contributed by atoms with E-state index in [1.165, 1.54) is 0 Å². The first-order valence-electron chi connectivity index (χ1n) is 10.5. The van der Waals surface area contributed by atoms with Crippen LogP contribution in [0.4, 0.5) is 5.69 Å². The van der Waals surface area contributed by atoms with Gasteiger partial charge in [0.2, 0.25) is 12.2 Å². The highest BCUT2D eigenvalue weighted by molar-refractivity contribution is 5.95. The van der Waals surface area contributed by atoms with Crippen LogP contribution in [0.25, 0.3) is 5.57 Å². The number of allylic oxidation sites excluding steroid dienone is 1. The summed E-state index contributed by atoms with van der Waals surface area (Å²) < 4.78 is 1.72. The third-order valence-corrected chi connectivity index (χ3v) is 4.58. The van der Waals surface area contributed by atoms with Crippen molar-refractivity contribution in [2.45, 2.75) is 33.2 Å². The summed E-state index contributed by atoms with van der Waals surface area (Å²) in [4.78, 5) is 8.15. The molecule has 164 valence electrons. The van der Waals surface area contributed by atoms with Gasteiger partial charge < -0.3 is 10.6 Å². The molecule has 32 heavy (non-hydrogen) atoms. The lowest BCUT2D eigenvalue weighted by Gasteiger charge is -2.14. The third-order valence-electron chi connectivity index (χ3n) is 4.58. The third kappa shape index (κ3) is 7.02. The number of benzene rings is 1. The van der Waals surface area contributed by atoms with Crippen LogP contribution in [-0.4, -0.2) is 37.7 Å². The first-order chi connectivity index (χ1) is 15.7. The SMILES string of the molecule is CC(C)CNC(=NC#N)Nc1cccc(C(=CCCCn2cnnn2)c2cccnc2)c1. The van der Waals surface area contributed by atoms with Crippen molar-refractivity contribution >= 4 is 17.2 Å². The average molecular weight is 430 g/mol. The molecule has 0 fully saturated rings. The van der Waals surface area contributed by atoms with Gasteiger partial charge in [0.25, 0.3) is 0 Å². The van der Waals surface area contributed by atoms with E-state index >= 15 is 0 Å². The molecule has 2 heterocycles. The van der Waals surface area contributed by atoms with Crippen molar-refractivity contribution in [2.75, 3.05) is 11.9 Å². The number of hydrogen-bond acceptors (Lipinski definition) is 6. The lowest BCUT2D eigenvalue weighted by Crippen LogP contribution is -2.33. The van der Waals surface area contributed by atoms with E-state index in [9.17, 15) is 0 Å². The van der Waals surface area contributed by atoms with Gasteiger partial charge in [-0.1, -0.05) is 38.1 Å². The molecular formula is C23H27N9. The molecule has 0 atom stereocenters. The van der Waals surface area contributed by atoms with Gasteiger partial charge in [-0.15, -0.1) is 10.1 Å². The van der Waals surface area contributed by atoms with Crippen LogP contribution in [0.15, 0.2) is 66.2 Å². The molecule has 0 radical (unpaired) electrons. The monoisotopic (exact) mass is 429 g/mol. The average Bonchev–Trinajstić information content (AvgIpc) is 3.32. The predicted octanol–water partition coefficient (Wildman–Crippen LogP) is 3.47. The number of guanidine groups is 1. The molecule has 9 nitrogen and oxygen atoms in total. The van der Waals surface area contributed by atoms with Crippen LogP contribution in [0.1, 0.15) is 37.8 Å². The fraction of sp³-hybridized carbons (Fsp3) is 0.304. The van der Waals surface area contributed by atoms with Crippen LogP contribution in [0.5, 0.6) is 0 Å². The molecule has 0 aliphatic carbocycles. The lowest BCUT2D eigenvalue weighted by atomic mass is 9.97. The molecule has 0 unspecified atom stereocenters. The molecule has 0 amide bonds. The molecular weight excluding hydrogens is 402 g/mol. The number of rotatable bonds is 9. The van der Waals surface area contributed by atoms with E-state index in [1.807, 2.05) is 42.7 Å². The Morgan fingerprint density at radius 1 is 1.25 bits per heavy atom. The van der Waals surface area contributed by atoms with Crippen molar-refractivity contribution in [1.82, 2.24) is 30.5 Å². The van der Waals surface area contributed by atoms with Crippen molar-refractivity contribution < 1.29 is 0 Å². The van der Waals surface area contributed by atoms with Crippen LogP contribution in [0.2, 0.25) is 0 Å². The summed E-state index contributed by atoms with van der Waals surface area (Å²) in [5.74, 6) is 0.868. The van der Waals surface area contributed by atoms with Crippen LogP contribution >= 0.6 is 0 Å². The van der Waals surface area contributed by atoms with E-state index in [1.54, 1.807) is 17.2 Å². The summed E-state index contributed by atoms with van der Waals surface area (Å²) in [6.07, 6.45) is 11.1. The molecule has 1 aromatic carbocycles. The van der Waals surface area contributed by atoms with Crippen LogP contribution in [0, 0.1) is 17.4 Å². The number of hydrogen-bond donors (Lipinski definition) is 2. The minimum Gasteiger partial charge on any atom is -0.355 e. The molecule has 0 bridgehead atoms. The molecule has 2 N–H and O–H groups in total. The van der Waals surface area contributed by atoms with Gasteiger partial charge in [0.05, 0.1) is 0 Å². The smallest absolute Gasteiger partial charge is 0.211 e.